The topological polar surface area (TPSA) is 34.2 Å². The lowest BCUT2D eigenvalue weighted by Crippen LogP contribution is -2.24. The average Bonchev–Trinajstić information content (AvgIpc) is 2.27. The summed E-state index contributed by atoms with van der Waals surface area (Å²) >= 11 is 0. The molecule has 1 aromatic rings. The molecule has 1 heterocycles. The maximum atomic E-state index is 11.7. The Morgan fingerprint density at radius 1 is 1.41 bits per heavy atom. The van der Waals surface area contributed by atoms with Crippen LogP contribution in [-0.4, -0.2) is 24.5 Å². The summed E-state index contributed by atoms with van der Waals surface area (Å²) in [6.07, 6.45) is -2.03. The highest BCUT2D eigenvalue weighted by Crippen LogP contribution is 2.15. The van der Waals surface area contributed by atoms with Gasteiger partial charge in [0.15, 0.2) is 0 Å². The van der Waals surface area contributed by atoms with Crippen molar-refractivity contribution in [3.05, 3.63) is 29.6 Å². The minimum absolute atomic E-state index is 0.138. The second-order valence-corrected chi connectivity index (χ2v) is 3.43. The maximum absolute atomic E-state index is 11.7. The zero-order valence-corrected chi connectivity index (χ0v) is 9.55. The van der Waals surface area contributed by atoms with E-state index in [1.807, 2.05) is 19.1 Å². The van der Waals surface area contributed by atoms with E-state index >= 15 is 0 Å². The number of pyridine rings is 1. The van der Waals surface area contributed by atoms with Gasteiger partial charge in [-0.1, -0.05) is 13.0 Å². The molecule has 0 saturated heterocycles. The normalized spacial score (nSPS) is 11.8. The lowest BCUT2D eigenvalue weighted by Gasteiger charge is -2.09. The molecule has 1 N–H and O–H groups in total. The smallest absolute Gasteiger partial charge is 0.309 e. The maximum Gasteiger partial charge on any atom is 0.522 e. The molecule has 3 nitrogen and oxygen atoms in total. The molecule has 0 unspecified atom stereocenters. The number of nitrogens with zero attached hydrogens (tertiary/aromatic N) is 1. The molecule has 0 bridgehead atoms. The highest BCUT2D eigenvalue weighted by Gasteiger charge is 2.28. The van der Waals surface area contributed by atoms with Crippen LogP contribution in [0.1, 0.15) is 18.2 Å². The van der Waals surface area contributed by atoms with Crippen LogP contribution in [0.15, 0.2) is 18.3 Å². The van der Waals surface area contributed by atoms with Gasteiger partial charge in [0.1, 0.15) is 0 Å². The van der Waals surface area contributed by atoms with E-state index in [9.17, 15) is 13.2 Å². The molecule has 17 heavy (non-hydrogen) atoms. The van der Waals surface area contributed by atoms with Gasteiger partial charge in [0.05, 0.1) is 12.3 Å². The van der Waals surface area contributed by atoms with E-state index in [0.29, 0.717) is 6.54 Å². The van der Waals surface area contributed by atoms with Crippen LogP contribution in [0.25, 0.3) is 0 Å². The fourth-order valence-electron chi connectivity index (χ4n) is 1.40. The summed E-state index contributed by atoms with van der Waals surface area (Å²) in [5, 5.41) is 2.86. The minimum Gasteiger partial charge on any atom is -0.309 e. The number of nitrogens with one attached hydrogen (secondary N) is 1. The van der Waals surface area contributed by atoms with Crippen LogP contribution in [0, 0.1) is 0 Å². The summed E-state index contributed by atoms with van der Waals surface area (Å²) in [7, 11) is 0. The lowest BCUT2D eigenvalue weighted by molar-refractivity contribution is -0.323. The zero-order valence-electron chi connectivity index (χ0n) is 9.55. The summed E-state index contributed by atoms with van der Waals surface area (Å²) in [6.45, 7) is 2.20. The van der Waals surface area contributed by atoms with Gasteiger partial charge in [-0.2, -0.15) is 0 Å². The van der Waals surface area contributed by atoms with Gasteiger partial charge < -0.3 is 5.32 Å². The van der Waals surface area contributed by atoms with Crippen molar-refractivity contribution in [1.82, 2.24) is 10.3 Å². The Hall–Kier alpha value is -1.14. The number of hydrogen-bond acceptors (Lipinski definition) is 3. The van der Waals surface area contributed by atoms with Gasteiger partial charge in [0.2, 0.25) is 0 Å². The molecular weight excluding hydrogens is 233 g/mol. The first-order valence-corrected chi connectivity index (χ1v) is 5.37. The van der Waals surface area contributed by atoms with E-state index < -0.39 is 13.0 Å². The van der Waals surface area contributed by atoms with Crippen LogP contribution >= 0.6 is 0 Å². The van der Waals surface area contributed by atoms with Gasteiger partial charge in [-0.25, -0.2) is 0 Å². The molecule has 0 aliphatic rings. The van der Waals surface area contributed by atoms with E-state index in [4.69, 9.17) is 0 Å². The van der Waals surface area contributed by atoms with E-state index in [0.717, 1.165) is 17.7 Å². The SMILES string of the molecule is CCc1cccnc1CNCCOC(F)(F)F. The Labute approximate surface area is 98.0 Å². The Bertz CT molecular complexity index is 342. The Morgan fingerprint density at radius 3 is 2.82 bits per heavy atom. The molecule has 0 radical (unpaired) electrons. The van der Waals surface area contributed by atoms with E-state index in [1.165, 1.54) is 0 Å². The van der Waals surface area contributed by atoms with Crippen molar-refractivity contribution in [2.45, 2.75) is 26.3 Å². The number of ether oxygens (including phenoxy) is 1. The molecule has 0 aliphatic carbocycles. The predicted molar refractivity (Wildman–Crippen MR) is 57.3 cm³/mol. The van der Waals surface area contributed by atoms with Crippen molar-refractivity contribution >= 4 is 0 Å². The Balaban J connectivity index is 2.27. The Kier molecular flexibility index (Phi) is 5.37. The third-order valence-corrected chi connectivity index (χ3v) is 2.20. The number of aromatic nitrogens is 1. The third-order valence-electron chi connectivity index (χ3n) is 2.20. The van der Waals surface area contributed by atoms with Crippen LogP contribution in [0.5, 0.6) is 0 Å². The quantitative estimate of drug-likeness (QED) is 0.784. The number of hydrogen-bond donors (Lipinski definition) is 1. The molecule has 0 fully saturated rings. The first kappa shape index (κ1) is 13.9. The minimum atomic E-state index is -4.55. The number of rotatable bonds is 6. The molecule has 1 aromatic heterocycles. The second-order valence-electron chi connectivity index (χ2n) is 3.43. The monoisotopic (exact) mass is 248 g/mol. The first-order valence-electron chi connectivity index (χ1n) is 5.37. The molecule has 96 valence electrons. The average molecular weight is 248 g/mol. The Morgan fingerprint density at radius 2 is 2.18 bits per heavy atom. The number of aryl methyl sites for hydroxylation is 1. The van der Waals surface area contributed by atoms with Crippen molar-refractivity contribution in [2.75, 3.05) is 13.2 Å². The van der Waals surface area contributed by atoms with Gasteiger partial charge >= 0.3 is 6.36 Å². The third kappa shape index (κ3) is 5.65. The van der Waals surface area contributed by atoms with Crippen LogP contribution < -0.4 is 5.32 Å². The van der Waals surface area contributed by atoms with Crippen molar-refractivity contribution in [2.24, 2.45) is 0 Å². The van der Waals surface area contributed by atoms with E-state index in [2.05, 4.69) is 15.0 Å². The van der Waals surface area contributed by atoms with Crippen molar-refractivity contribution in [3.63, 3.8) is 0 Å². The molecule has 6 heteroatoms. The molecule has 0 amide bonds. The van der Waals surface area contributed by atoms with Crippen molar-refractivity contribution < 1.29 is 17.9 Å². The van der Waals surface area contributed by atoms with Crippen LogP contribution in [0.4, 0.5) is 13.2 Å². The first-order chi connectivity index (χ1) is 8.03. The number of alkyl halides is 3. The van der Waals surface area contributed by atoms with Gasteiger partial charge in [-0.05, 0) is 18.1 Å². The molecule has 0 aromatic carbocycles. The van der Waals surface area contributed by atoms with Crippen molar-refractivity contribution in [3.8, 4) is 0 Å². The molecule has 0 atom stereocenters. The van der Waals surface area contributed by atoms with Gasteiger partial charge in [-0.15, -0.1) is 13.2 Å². The van der Waals surface area contributed by atoms with E-state index in [1.54, 1.807) is 6.20 Å². The summed E-state index contributed by atoms with van der Waals surface area (Å²) in [4.78, 5) is 4.17. The van der Waals surface area contributed by atoms with Gasteiger partial charge in [0, 0.05) is 19.3 Å². The lowest BCUT2D eigenvalue weighted by atomic mass is 10.1. The molecule has 0 spiro atoms. The summed E-state index contributed by atoms with van der Waals surface area (Å²) in [5.74, 6) is 0. The van der Waals surface area contributed by atoms with Crippen LogP contribution in [-0.2, 0) is 17.7 Å². The van der Waals surface area contributed by atoms with E-state index in [-0.39, 0.29) is 6.54 Å². The summed E-state index contributed by atoms with van der Waals surface area (Å²) in [5.41, 5.74) is 1.96. The molecular formula is C11H15F3N2O. The fraction of sp³-hybridized carbons (Fsp3) is 0.545. The van der Waals surface area contributed by atoms with Crippen LogP contribution in [0.3, 0.4) is 0 Å². The molecule has 0 aliphatic heterocycles. The van der Waals surface area contributed by atoms with Gasteiger partial charge in [-0.3, -0.25) is 9.72 Å². The highest BCUT2D eigenvalue weighted by atomic mass is 19.4. The largest absolute Gasteiger partial charge is 0.522 e. The predicted octanol–water partition coefficient (Wildman–Crippen LogP) is 2.27. The summed E-state index contributed by atoms with van der Waals surface area (Å²) in [6, 6.07) is 3.80. The van der Waals surface area contributed by atoms with Crippen LogP contribution in [0.2, 0.25) is 0 Å². The second kappa shape index (κ2) is 6.56. The standard InChI is InChI=1S/C11H15F3N2O/c1-2-9-4-3-5-16-10(9)8-15-6-7-17-11(12,13)14/h3-5,15H,2,6-8H2,1H3. The zero-order chi connectivity index (χ0) is 12.7. The van der Waals surface area contributed by atoms with Crippen molar-refractivity contribution in [1.29, 1.82) is 0 Å². The number of halogens is 3. The highest BCUT2D eigenvalue weighted by molar-refractivity contribution is 5.19. The molecule has 1 rings (SSSR count). The fourth-order valence-corrected chi connectivity index (χ4v) is 1.40. The summed E-state index contributed by atoms with van der Waals surface area (Å²) < 4.78 is 38.6. The van der Waals surface area contributed by atoms with Gasteiger partial charge in [0.25, 0.3) is 0 Å². The molecule has 0 saturated carbocycles.